The molecule has 0 aliphatic rings. The van der Waals surface area contributed by atoms with Crippen molar-refractivity contribution in [3.8, 4) is 5.75 Å². The SMILES string of the molecule is COc1ccc(NC(=O)c2cc(C)no2)cc1S(N)(=O)=O. The van der Waals surface area contributed by atoms with Crippen LogP contribution in [0.25, 0.3) is 0 Å². The molecule has 0 unspecified atom stereocenters. The molecule has 112 valence electrons. The van der Waals surface area contributed by atoms with Gasteiger partial charge in [0.25, 0.3) is 5.91 Å². The molecule has 9 heteroatoms. The predicted octanol–water partition coefficient (Wildman–Crippen LogP) is 0.891. The topological polar surface area (TPSA) is 125 Å². The molecule has 0 spiro atoms. The van der Waals surface area contributed by atoms with E-state index in [1.165, 1.54) is 31.4 Å². The van der Waals surface area contributed by atoms with Crippen LogP contribution in [0.5, 0.6) is 5.75 Å². The number of carbonyl (C=O) groups is 1. The van der Waals surface area contributed by atoms with Crippen LogP contribution in [0.1, 0.15) is 16.2 Å². The molecule has 2 rings (SSSR count). The van der Waals surface area contributed by atoms with Crippen molar-refractivity contribution < 1.29 is 22.5 Å². The van der Waals surface area contributed by atoms with Crippen molar-refractivity contribution in [2.45, 2.75) is 11.8 Å². The summed E-state index contributed by atoms with van der Waals surface area (Å²) in [5.74, 6) is -0.451. The molecule has 1 heterocycles. The lowest BCUT2D eigenvalue weighted by molar-refractivity contribution is 0.0988. The van der Waals surface area contributed by atoms with Gasteiger partial charge >= 0.3 is 0 Å². The molecule has 1 amide bonds. The molecule has 8 nitrogen and oxygen atoms in total. The summed E-state index contributed by atoms with van der Waals surface area (Å²) in [6, 6.07) is 5.53. The maximum absolute atomic E-state index is 11.9. The second-order valence-electron chi connectivity index (χ2n) is 4.20. The smallest absolute Gasteiger partial charge is 0.294 e. The van der Waals surface area contributed by atoms with E-state index in [1.807, 2.05) is 0 Å². The highest BCUT2D eigenvalue weighted by molar-refractivity contribution is 7.89. The molecule has 21 heavy (non-hydrogen) atoms. The Kier molecular flexibility index (Phi) is 3.96. The van der Waals surface area contributed by atoms with Crippen molar-refractivity contribution in [2.24, 2.45) is 5.14 Å². The third kappa shape index (κ3) is 3.38. The van der Waals surface area contributed by atoms with Gasteiger partial charge in [-0.3, -0.25) is 4.79 Å². The van der Waals surface area contributed by atoms with Gasteiger partial charge in [0.15, 0.2) is 0 Å². The van der Waals surface area contributed by atoms with Gasteiger partial charge in [0.1, 0.15) is 10.6 Å². The van der Waals surface area contributed by atoms with Crippen LogP contribution in [0.3, 0.4) is 0 Å². The van der Waals surface area contributed by atoms with Crippen LogP contribution in [0.2, 0.25) is 0 Å². The highest BCUT2D eigenvalue weighted by atomic mass is 32.2. The third-order valence-corrected chi connectivity index (χ3v) is 3.51. The molecule has 0 atom stereocenters. The molecule has 0 fully saturated rings. The summed E-state index contributed by atoms with van der Waals surface area (Å²) in [5.41, 5.74) is 0.791. The Morgan fingerprint density at radius 2 is 2.10 bits per heavy atom. The van der Waals surface area contributed by atoms with Crippen LogP contribution < -0.4 is 15.2 Å². The molecule has 0 aliphatic carbocycles. The first-order chi connectivity index (χ1) is 9.81. The molecule has 2 aromatic rings. The lowest BCUT2D eigenvalue weighted by Crippen LogP contribution is -2.15. The number of hydrogen-bond acceptors (Lipinski definition) is 6. The van der Waals surface area contributed by atoms with E-state index in [-0.39, 0.29) is 22.1 Å². The number of carbonyl (C=O) groups excluding carboxylic acids is 1. The number of sulfonamides is 1. The van der Waals surface area contributed by atoms with E-state index in [2.05, 4.69) is 10.5 Å². The Balaban J connectivity index is 2.31. The number of primary sulfonamides is 1. The lowest BCUT2D eigenvalue weighted by atomic mass is 10.3. The summed E-state index contributed by atoms with van der Waals surface area (Å²) in [6.45, 7) is 1.67. The second kappa shape index (κ2) is 5.54. The molecule has 0 bridgehead atoms. The standard InChI is InChI=1S/C12H13N3O5S/c1-7-5-10(20-15-7)12(16)14-8-3-4-9(19-2)11(6-8)21(13,17)18/h3-6H,1-2H3,(H,14,16)(H2,13,17,18). The fourth-order valence-electron chi connectivity index (χ4n) is 1.64. The van der Waals surface area contributed by atoms with Crippen molar-refractivity contribution in [1.82, 2.24) is 5.16 Å². The number of aromatic nitrogens is 1. The van der Waals surface area contributed by atoms with Crippen molar-refractivity contribution in [3.63, 3.8) is 0 Å². The number of rotatable bonds is 4. The van der Waals surface area contributed by atoms with Crippen molar-refractivity contribution in [3.05, 3.63) is 35.7 Å². The number of anilines is 1. The minimum absolute atomic E-state index is 0.0143. The number of nitrogens with two attached hydrogens (primary N) is 1. The minimum atomic E-state index is -3.98. The number of nitrogens with one attached hydrogen (secondary N) is 1. The average molecular weight is 311 g/mol. The van der Waals surface area contributed by atoms with Crippen molar-refractivity contribution >= 4 is 21.6 Å². The average Bonchev–Trinajstić information content (AvgIpc) is 2.84. The number of aryl methyl sites for hydroxylation is 1. The molecule has 0 saturated heterocycles. The van der Waals surface area contributed by atoms with E-state index in [0.717, 1.165) is 0 Å². The lowest BCUT2D eigenvalue weighted by Gasteiger charge is -2.09. The first-order valence-electron chi connectivity index (χ1n) is 5.77. The molecule has 3 N–H and O–H groups in total. The number of hydrogen-bond donors (Lipinski definition) is 2. The third-order valence-electron chi connectivity index (χ3n) is 2.58. The summed E-state index contributed by atoms with van der Waals surface area (Å²) in [5, 5.41) is 11.2. The monoisotopic (exact) mass is 311 g/mol. The largest absolute Gasteiger partial charge is 0.495 e. The van der Waals surface area contributed by atoms with Crippen LogP contribution in [-0.2, 0) is 10.0 Å². The summed E-state index contributed by atoms with van der Waals surface area (Å²) in [7, 11) is -2.66. The zero-order chi connectivity index (χ0) is 15.6. The molecule has 0 aliphatic heterocycles. The van der Waals surface area contributed by atoms with Gasteiger partial charge in [0, 0.05) is 11.8 Å². The fraction of sp³-hybridized carbons (Fsp3) is 0.167. The Morgan fingerprint density at radius 3 is 2.62 bits per heavy atom. The summed E-state index contributed by atoms with van der Waals surface area (Å²) < 4.78 is 32.7. The highest BCUT2D eigenvalue weighted by Gasteiger charge is 2.17. The number of nitrogens with zero attached hydrogens (tertiary/aromatic N) is 1. The molecule has 0 radical (unpaired) electrons. The van der Waals surface area contributed by atoms with Crippen LogP contribution >= 0.6 is 0 Å². The van der Waals surface area contributed by atoms with Crippen molar-refractivity contribution in [1.29, 1.82) is 0 Å². The van der Waals surface area contributed by atoms with Crippen LogP contribution in [0.4, 0.5) is 5.69 Å². The summed E-state index contributed by atoms with van der Waals surface area (Å²) in [6.07, 6.45) is 0. The maximum Gasteiger partial charge on any atom is 0.294 e. The highest BCUT2D eigenvalue weighted by Crippen LogP contribution is 2.26. The van der Waals surface area contributed by atoms with Gasteiger partial charge in [-0.1, -0.05) is 5.16 Å². The fourth-order valence-corrected chi connectivity index (χ4v) is 2.36. The summed E-state index contributed by atoms with van der Waals surface area (Å²) in [4.78, 5) is 11.7. The van der Waals surface area contributed by atoms with Gasteiger partial charge in [-0.05, 0) is 25.1 Å². The second-order valence-corrected chi connectivity index (χ2v) is 5.73. The number of benzene rings is 1. The predicted molar refractivity (Wildman–Crippen MR) is 73.6 cm³/mol. The molecular formula is C12H13N3O5S. The zero-order valence-electron chi connectivity index (χ0n) is 11.3. The normalized spacial score (nSPS) is 11.2. The minimum Gasteiger partial charge on any atom is -0.495 e. The Morgan fingerprint density at radius 1 is 1.38 bits per heavy atom. The molecule has 1 aromatic carbocycles. The van der Waals surface area contributed by atoms with E-state index < -0.39 is 15.9 Å². The van der Waals surface area contributed by atoms with Crippen LogP contribution in [0, 0.1) is 6.92 Å². The van der Waals surface area contributed by atoms with E-state index in [1.54, 1.807) is 6.92 Å². The van der Waals surface area contributed by atoms with E-state index in [9.17, 15) is 13.2 Å². The molecule has 0 saturated carbocycles. The number of methoxy groups -OCH3 is 1. The van der Waals surface area contributed by atoms with Gasteiger partial charge in [0.2, 0.25) is 15.8 Å². The van der Waals surface area contributed by atoms with E-state index in [4.69, 9.17) is 14.4 Å². The van der Waals surface area contributed by atoms with Gasteiger partial charge in [-0.25, -0.2) is 13.6 Å². The first-order valence-corrected chi connectivity index (χ1v) is 7.31. The quantitative estimate of drug-likeness (QED) is 0.864. The van der Waals surface area contributed by atoms with E-state index >= 15 is 0 Å². The van der Waals surface area contributed by atoms with E-state index in [0.29, 0.717) is 5.69 Å². The zero-order valence-corrected chi connectivity index (χ0v) is 12.1. The maximum atomic E-state index is 11.9. The van der Waals surface area contributed by atoms with Crippen LogP contribution in [-0.4, -0.2) is 26.6 Å². The Labute approximate surface area is 120 Å². The van der Waals surface area contributed by atoms with Gasteiger partial charge < -0.3 is 14.6 Å². The van der Waals surface area contributed by atoms with Crippen LogP contribution in [0.15, 0.2) is 33.7 Å². The first kappa shape index (κ1) is 15.0. The Hall–Kier alpha value is -2.39. The summed E-state index contributed by atoms with van der Waals surface area (Å²) >= 11 is 0. The molecular weight excluding hydrogens is 298 g/mol. The van der Waals surface area contributed by atoms with Gasteiger partial charge in [-0.15, -0.1) is 0 Å². The number of amides is 1. The number of ether oxygens (including phenoxy) is 1. The van der Waals surface area contributed by atoms with Gasteiger partial charge in [0.05, 0.1) is 12.8 Å². The van der Waals surface area contributed by atoms with Crippen molar-refractivity contribution in [2.75, 3.05) is 12.4 Å². The van der Waals surface area contributed by atoms with Gasteiger partial charge in [-0.2, -0.15) is 0 Å². The molecule has 1 aromatic heterocycles. The Bertz CT molecular complexity index is 782.